The Morgan fingerprint density at radius 2 is 0.955 bits per heavy atom. The number of carbonyl (C=O) groups is 6. The molecule has 0 aromatic carbocycles. The quantitative estimate of drug-likeness (QED) is 0.0956. The van der Waals surface area contributed by atoms with Gasteiger partial charge in [0.1, 0.15) is 0 Å². The summed E-state index contributed by atoms with van der Waals surface area (Å²) >= 11 is 0. The number of aliphatic carboxylic acids is 5. The van der Waals surface area contributed by atoms with E-state index in [2.05, 4.69) is 26.3 Å². The molecule has 0 aliphatic carbocycles. The van der Waals surface area contributed by atoms with Crippen LogP contribution in [0, 0.1) is 5.41 Å². The average Bonchev–Trinajstić information content (AvgIpc) is 2.93. The Balaban J connectivity index is -0.000000102. The maximum Gasteiger partial charge on any atom is 0.330 e. The molecule has 0 saturated carbocycles. The summed E-state index contributed by atoms with van der Waals surface area (Å²) in [5, 5.41) is 83.9. The second-order valence-corrected chi connectivity index (χ2v) is 8.02. The van der Waals surface area contributed by atoms with E-state index in [-0.39, 0.29) is 43.1 Å². The Bertz CT molecular complexity index is 852. The molecule has 1 amide bonds. The Morgan fingerprint density at radius 3 is 1.07 bits per heavy atom. The number of hydrogen-bond acceptors (Lipinski definition) is 11. The first-order chi connectivity index (χ1) is 20.0. The second kappa shape index (κ2) is 32.8. The van der Waals surface area contributed by atoms with Crippen molar-refractivity contribution in [1.82, 2.24) is 5.32 Å². The van der Waals surface area contributed by atoms with E-state index < -0.39 is 47.5 Å². The van der Waals surface area contributed by atoms with Crippen molar-refractivity contribution in [1.29, 1.82) is 0 Å². The highest BCUT2D eigenvalue weighted by Gasteiger charge is 2.24. The van der Waals surface area contributed by atoms with E-state index in [4.69, 9.17) is 51.1 Å². The van der Waals surface area contributed by atoms with Crippen LogP contribution in [0.2, 0.25) is 0 Å². The maximum absolute atomic E-state index is 10.6. The Labute approximate surface area is 254 Å². The molecule has 0 atom stereocenters. The van der Waals surface area contributed by atoms with Gasteiger partial charge < -0.3 is 56.4 Å². The molecule has 0 aromatic rings. The summed E-state index contributed by atoms with van der Waals surface area (Å²) in [7, 11) is 0. The predicted molar refractivity (Wildman–Crippen MR) is 157 cm³/mol. The van der Waals surface area contributed by atoms with Crippen molar-refractivity contribution in [3.05, 3.63) is 61.3 Å². The zero-order valence-corrected chi connectivity index (χ0v) is 25.1. The van der Waals surface area contributed by atoms with Gasteiger partial charge >= 0.3 is 29.8 Å². The van der Waals surface area contributed by atoms with Crippen molar-refractivity contribution in [2.24, 2.45) is 5.41 Å². The third-order valence-electron chi connectivity index (χ3n) is 3.86. The van der Waals surface area contributed by atoms with Crippen LogP contribution in [0.5, 0.6) is 0 Å². The molecule has 17 heteroatoms. The van der Waals surface area contributed by atoms with Crippen LogP contribution in [-0.4, -0.2) is 119 Å². The average molecular weight is 640 g/mol. The molecule has 0 heterocycles. The van der Waals surface area contributed by atoms with Crippen LogP contribution in [0.25, 0.3) is 0 Å². The molecule has 11 N–H and O–H groups in total. The fourth-order valence-electron chi connectivity index (χ4n) is 0.883. The van der Waals surface area contributed by atoms with Crippen LogP contribution in [0.4, 0.5) is 0 Å². The minimum Gasteiger partial charge on any atom is -0.478 e. The van der Waals surface area contributed by atoms with Crippen molar-refractivity contribution in [2.45, 2.75) is 40.4 Å². The lowest BCUT2D eigenvalue weighted by atomic mass is 9.88. The van der Waals surface area contributed by atoms with E-state index in [1.54, 1.807) is 0 Å². The summed E-state index contributed by atoms with van der Waals surface area (Å²) in [4.78, 5) is 58.5. The summed E-state index contributed by atoms with van der Waals surface area (Å²) in [5.74, 6) is -5.72. The van der Waals surface area contributed by atoms with E-state index in [0.29, 0.717) is 12.5 Å². The van der Waals surface area contributed by atoms with Gasteiger partial charge in [0, 0.05) is 40.4 Å². The molecular weight excluding hydrogens is 594 g/mol. The van der Waals surface area contributed by atoms with Gasteiger partial charge in [0.15, 0.2) is 6.29 Å². The molecular formula is C27H45NO16. The number of carboxylic acid groups (broad SMARTS) is 5. The van der Waals surface area contributed by atoms with E-state index in [1.165, 1.54) is 20.8 Å². The van der Waals surface area contributed by atoms with Gasteiger partial charge in [0.25, 0.3) is 0 Å². The number of carbonyl (C=O) groups excluding carboxylic acids is 1. The summed E-state index contributed by atoms with van der Waals surface area (Å²) in [6.07, 6.45) is 1.23. The van der Waals surface area contributed by atoms with Gasteiger partial charge in [0.2, 0.25) is 5.91 Å². The highest BCUT2D eigenvalue weighted by molar-refractivity contribution is 5.93. The van der Waals surface area contributed by atoms with Crippen LogP contribution in [-0.2, 0) is 28.8 Å². The normalized spacial score (nSPS) is 9.14. The molecule has 0 aliphatic rings. The molecule has 44 heavy (non-hydrogen) atoms. The van der Waals surface area contributed by atoms with Gasteiger partial charge in [-0.2, -0.15) is 0 Å². The molecule has 0 unspecified atom stereocenters. The fraction of sp³-hybridized carbons (Fsp3) is 0.407. The lowest BCUT2D eigenvalue weighted by Gasteiger charge is -2.24. The summed E-state index contributed by atoms with van der Waals surface area (Å²) in [6.45, 7) is 17.8. The first-order valence-corrected chi connectivity index (χ1v) is 11.9. The van der Waals surface area contributed by atoms with Crippen LogP contribution < -0.4 is 5.32 Å². The SMILES string of the molecule is C=C(C)C(=O)O.C=C(C)C(=O)O.C=C(C)C(=O)O.C=CC(=O)O.CCC(CO)(CO)CO.O=C(O)/C=C\C(=O)NCC(O)O. The van der Waals surface area contributed by atoms with Gasteiger partial charge in [-0.15, -0.1) is 0 Å². The van der Waals surface area contributed by atoms with Gasteiger partial charge in [-0.25, -0.2) is 24.0 Å². The molecule has 0 saturated heterocycles. The van der Waals surface area contributed by atoms with Gasteiger partial charge in [-0.1, -0.05) is 33.2 Å². The Kier molecular flexibility index (Phi) is 38.8. The first kappa shape index (κ1) is 52.0. The molecule has 254 valence electrons. The number of aliphatic hydroxyl groups excluding tert-OH is 4. The summed E-state index contributed by atoms with van der Waals surface area (Å²) < 4.78 is 0. The third-order valence-corrected chi connectivity index (χ3v) is 3.86. The van der Waals surface area contributed by atoms with Crippen LogP contribution >= 0.6 is 0 Å². The van der Waals surface area contributed by atoms with Crippen molar-refractivity contribution in [3.8, 4) is 0 Å². The van der Waals surface area contributed by atoms with Crippen LogP contribution in [0.1, 0.15) is 34.1 Å². The fourth-order valence-corrected chi connectivity index (χ4v) is 0.883. The zero-order valence-electron chi connectivity index (χ0n) is 25.1. The smallest absolute Gasteiger partial charge is 0.330 e. The molecule has 0 aliphatic heterocycles. The zero-order chi connectivity index (χ0) is 36.6. The number of aliphatic hydroxyl groups is 5. The summed E-state index contributed by atoms with van der Waals surface area (Å²) in [5.41, 5.74) is -0.139. The number of nitrogens with one attached hydrogen (secondary N) is 1. The molecule has 0 radical (unpaired) electrons. The Morgan fingerprint density at radius 1 is 0.682 bits per heavy atom. The van der Waals surface area contributed by atoms with Crippen molar-refractivity contribution < 1.29 is 79.8 Å². The van der Waals surface area contributed by atoms with E-state index >= 15 is 0 Å². The standard InChI is InChI=1S/C6H9NO5.C6H14O3.3C4H6O2.C3H4O2/c8-4(1-2-5(9)10)7-3-6(11)12;1-2-6(3-7,4-8)5-9;3*1-3(2)4(5)6;1-2-3(4)5/h1-2,6,11-12H,3H2,(H,7,8)(H,9,10);7-9H,2-5H2,1H3;3*1H2,2H3,(H,5,6);2H,1H2,(H,4,5)/b2-1-;;;;;. The number of hydrogen-bond donors (Lipinski definition) is 11. The lowest BCUT2D eigenvalue weighted by molar-refractivity contribution is -0.133. The van der Waals surface area contributed by atoms with E-state index in [9.17, 15) is 28.8 Å². The first-order valence-electron chi connectivity index (χ1n) is 11.9. The van der Waals surface area contributed by atoms with Gasteiger partial charge in [0.05, 0.1) is 26.4 Å². The lowest BCUT2D eigenvalue weighted by Crippen LogP contribution is -2.32. The van der Waals surface area contributed by atoms with Crippen molar-refractivity contribution in [2.75, 3.05) is 26.4 Å². The van der Waals surface area contributed by atoms with Gasteiger partial charge in [-0.05, 0) is 27.2 Å². The van der Waals surface area contributed by atoms with Crippen molar-refractivity contribution in [3.63, 3.8) is 0 Å². The van der Waals surface area contributed by atoms with E-state index in [1.807, 2.05) is 12.2 Å². The number of amides is 1. The molecule has 0 bridgehead atoms. The predicted octanol–water partition coefficient (Wildman–Crippen LogP) is -0.388. The minimum atomic E-state index is -1.63. The molecule has 0 fully saturated rings. The highest BCUT2D eigenvalue weighted by atomic mass is 16.5. The third kappa shape index (κ3) is 50.2. The van der Waals surface area contributed by atoms with Crippen LogP contribution in [0.15, 0.2) is 61.3 Å². The monoisotopic (exact) mass is 639 g/mol. The molecule has 17 nitrogen and oxygen atoms in total. The second-order valence-electron chi connectivity index (χ2n) is 8.02. The van der Waals surface area contributed by atoms with E-state index in [0.717, 1.165) is 12.2 Å². The largest absolute Gasteiger partial charge is 0.478 e. The highest BCUT2D eigenvalue weighted by Crippen LogP contribution is 2.18. The molecule has 0 spiro atoms. The van der Waals surface area contributed by atoms with Crippen molar-refractivity contribution >= 4 is 35.8 Å². The molecule has 0 aromatic heterocycles. The topological polar surface area (TPSA) is 317 Å². The maximum atomic E-state index is 10.6. The minimum absolute atomic E-state index is 0.156. The number of carboxylic acids is 5. The van der Waals surface area contributed by atoms with Crippen LogP contribution in [0.3, 0.4) is 0 Å². The molecule has 0 rings (SSSR count). The van der Waals surface area contributed by atoms with Gasteiger partial charge in [-0.3, -0.25) is 4.79 Å². The number of rotatable bonds is 12. The Hall–Kier alpha value is -4.68. The summed E-state index contributed by atoms with van der Waals surface area (Å²) in [6, 6.07) is 0.